The van der Waals surface area contributed by atoms with E-state index in [-0.39, 0.29) is 18.2 Å². The van der Waals surface area contributed by atoms with Gasteiger partial charge in [0.1, 0.15) is 5.58 Å². The standard InChI is InChI=1S/C16H18BrNO4/c1-9-11-8-10(17)4-5-12(11)22-13(9)14(19)18-7-6-16(2,3)15(20)21/h4-5,8H,6-7H2,1-3H3,(H,18,19)(H,20,21). The van der Waals surface area contributed by atoms with Gasteiger partial charge in [0.2, 0.25) is 0 Å². The molecule has 1 aromatic heterocycles. The van der Waals surface area contributed by atoms with Gasteiger partial charge in [-0.1, -0.05) is 15.9 Å². The highest BCUT2D eigenvalue weighted by molar-refractivity contribution is 9.10. The smallest absolute Gasteiger partial charge is 0.309 e. The third-order valence-electron chi connectivity index (χ3n) is 3.72. The number of aliphatic carboxylic acids is 1. The summed E-state index contributed by atoms with van der Waals surface area (Å²) in [6.45, 7) is 5.36. The van der Waals surface area contributed by atoms with Crippen molar-refractivity contribution in [3.8, 4) is 0 Å². The highest BCUT2D eigenvalue weighted by atomic mass is 79.9. The Labute approximate surface area is 136 Å². The van der Waals surface area contributed by atoms with Crippen LogP contribution >= 0.6 is 15.9 Å². The van der Waals surface area contributed by atoms with Crippen molar-refractivity contribution in [3.63, 3.8) is 0 Å². The van der Waals surface area contributed by atoms with Crippen LogP contribution in [0.25, 0.3) is 11.0 Å². The van der Waals surface area contributed by atoms with E-state index < -0.39 is 11.4 Å². The number of aryl methyl sites for hydroxylation is 1. The Morgan fingerprint density at radius 1 is 1.36 bits per heavy atom. The summed E-state index contributed by atoms with van der Waals surface area (Å²) >= 11 is 3.39. The van der Waals surface area contributed by atoms with Crippen LogP contribution in [-0.2, 0) is 4.79 Å². The van der Waals surface area contributed by atoms with Crippen molar-refractivity contribution in [2.24, 2.45) is 5.41 Å². The van der Waals surface area contributed by atoms with E-state index in [1.54, 1.807) is 19.9 Å². The van der Waals surface area contributed by atoms with Crippen LogP contribution in [0.2, 0.25) is 0 Å². The number of nitrogens with one attached hydrogen (secondary N) is 1. The molecule has 1 aromatic carbocycles. The lowest BCUT2D eigenvalue weighted by Crippen LogP contribution is -2.32. The molecular weight excluding hydrogens is 350 g/mol. The average molecular weight is 368 g/mol. The lowest BCUT2D eigenvalue weighted by atomic mass is 9.90. The molecule has 0 atom stereocenters. The van der Waals surface area contributed by atoms with Crippen molar-refractivity contribution in [2.75, 3.05) is 6.54 Å². The third-order valence-corrected chi connectivity index (χ3v) is 4.21. The first kappa shape index (κ1) is 16.5. The van der Waals surface area contributed by atoms with E-state index in [9.17, 15) is 9.59 Å². The van der Waals surface area contributed by atoms with Crippen LogP contribution < -0.4 is 5.32 Å². The summed E-state index contributed by atoms with van der Waals surface area (Å²) < 4.78 is 6.51. The van der Waals surface area contributed by atoms with Gasteiger partial charge in [0, 0.05) is 22.0 Å². The van der Waals surface area contributed by atoms with Crippen LogP contribution in [0, 0.1) is 12.3 Å². The second-order valence-corrected chi connectivity index (χ2v) is 6.81. The number of fused-ring (bicyclic) bond motifs is 1. The van der Waals surface area contributed by atoms with E-state index in [2.05, 4.69) is 21.2 Å². The molecule has 118 valence electrons. The number of rotatable bonds is 5. The predicted molar refractivity (Wildman–Crippen MR) is 87.0 cm³/mol. The number of carboxylic acid groups (broad SMARTS) is 1. The van der Waals surface area contributed by atoms with Gasteiger partial charge in [0.25, 0.3) is 5.91 Å². The number of hydrogen-bond acceptors (Lipinski definition) is 3. The first-order chi connectivity index (χ1) is 10.2. The van der Waals surface area contributed by atoms with E-state index in [0.29, 0.717) is 12.0 Å². The van der Waals surface area contributed by atoms with Gasteiger partial charge in [-0.15, -0.1) is 0 Å². The third kappa shape index (κ3) is 3.32. The molecule has 0 fully saturated rings. The number of halogens is 1. The van der Waals surface area contributed by atoms with Gasteiger partial charge in [-0.2, -0.15) is 0 Å². The minimum atomic E-state index is -0.883. The number of amides is 1. The molecular formula is C16H18BrNO4. The molecule has 0 aliphatic heterocycles. The number of benzene rings is 1. The molecule has 22 heavy (non-hydrogen) atoms. The molecule has 0 unspecified atom stereocenters. The summed E-state index contributed by atoms with van der Waals surface area (Å²) in [5.41, 5.74) is 0.546. The largest absolute Gasteiger partial charge is 0.481 e. The van der Waals surface area contributed by atoms with Crippen molar-refractivity contribution in [1.29, 1.82) is 0 Å². The van der Waals surface area contributed by atoms with Gasteiger partial charge >= 0.3 is 5.97 Å². The highest BCUT2D eigenvalue weighted by Gasteiger charge is 2.27. The van der Waals surface area contributed by atoms with Crippen molar-refractivity contribution in [1.82, 2.24) is 5.32 Å². The zero-order chi connectivity index (χ0) is 16.5. The van der Waals surface area contributed by atoms with Crippen molar-refractivity contribution in [3.05, 3.63) is 34.0 Å². The van der Waals surface area contributed by atoms with Crippen LogP contribution in [0.15, 0.2) is 27.1 Å². The summed E-state index contributed by atoms with van der Waals surface area (Å²) in [6, 6.07) is 5.55. The molecule has 1 amide bonds. The maximum Gasteiger partial charge on any atom is 0.309 e. The maximum absolute atomic E-state index is 12.2. The van der Waals surface area contributed by atoms with E-state index in [1.165, 1.54) is 0 Å². The molecule has 0 saturated heterocycles. The number of carboxylic acids is 1. The summed E-state index contributed by atoms with van der Waals surface area (Å²) in [7, 11) is 0. The Morgan fingerprint density at radius 3 is 2.68 bits per heavy atom. The van der Waals surface area contributed by atoms with Gasteiger partial charge in [-0.05, 0) is 45.4 Å². The van der Waals surface area contributed by atoms with Crippen LogP contribution in [-0.4, -0.2) is 23.5 Å². The molecule has 0 radical (unpaired) electrons. The summed E-state index contributed by atoms with van der Waals surface area (Å²) in [6.07, 6.45) is 0.346. The lowest BCUT2D eigenvalue weighted by Gasteiger charge is -2.18. The monoisotopic (exact) mass is 367 g/mol. The quantitative estimate of drug-likeness (QED) is 0.843. The zero-order valence-electron chi connectivity index (χ0n) is 12.7. The normalized spacial score (nSPS) is 11.6. The Balaban J connectivity index is 2.11. The van der Waals surface area contributed by atoms with Crippen LogP contribution in [0.1, 0.15) is 36.4 Å². The van der Waals surface area contributed by atoms with Crippen molar-refractivity contribution < 1.29 is 19.1 Å². The number of carbonyl (C=O) groups is 2. The van der Waals surface area contributed by atoms with E-state index in [4.69, 9.17) is 9.52 Å². The van der Waals surface area contributed by atoms with Crippen LogP contribution in [0.4, 0.5) is 0 Å². The van der Waals surface area contributed by atoms with Gasteiger partial charge in [-0.25, -0.2) is 0 Å². The fourth-order valence-electron chi connectivity index (χ4n) is 2.09. The summed E-state index contributed by atoms with van der Waals surface area (Å²) in [5, 5.41) is 12.7. The number of furan rings is 1. The van der Waals surface area contributed by atoms with Crippen molar-refractivity contribution >= 4 is 38.8 Å². The minimum absolute atomic E-state index is 0.265. The van der Waals surface area contributed by atoms with Crippen molar-refractivity contribution in [2.45, 2.75) is 27.2 Å². The molecule has 2 N–H and O–H groups in total. The van der Waals surface area contributed by atoms with Gasteiger partial charge in [0.05, 0.1) is 5.41 Å². The fraction of sp³-hybridized carbons (Fsp3) is 0.375. The van der Waals surface area contributed by atoms with Crippen LogP contribution in [0.5, 0.6) is 0 Å². The molecule has 0 bridgehead atoms. The molecule has 0 aliphatic rings. The molecule has 2 aromatic rings. The summed E-state index contributed by atoms with van der Waals surface area (Å²) in [4.78, 5) is 23.2. The second kappa shape index (κ2) is 6.12. The predicted octanol–water partition coefficient (Wildman–Crippen LogP) is 3.73. The van der Waals surface area contributed by atoms with E-state index in [1.807, 2.05) is 19.1 Å². The number of hydrogen-bond donors (Lipinski definition) is 2. The first-order valence-corrected chi connectivity index (χ1v) is 7.72. The Morgan fingerprint density at radius 2 is 2.05 bits per heavy atom. The summed E-state index contributed by atoms with van der Waals surface area (Å²) in [5.74, 6) is -0.946. The SMILES string of the molecule is Cc1c(C(=O)NCCC(C)(C)C(=O)O)oc2ccc(Br)cc12. The molecule has 5 nitrogen and oxygen atoms in total. The Bertz CT molecular complexity index is 733. The Hall–Kier alpha value is -1.82. The number of carbonyl (C=O) groups excluding carboxylic acids is 1. The second-order valence-electron chi connectivity index (χ2n) is 5.89. The lowest BCUT2D eigenvalue weighted by molar-refractivity contribution is -0.147. The molecule has 0 aliphatic carbocycles. The zero-order valence-corrected chi connectivity index (χ0v) is 14.3. The average Bonchev–Trinajstić information content (AvgIpc) is 2.75. The van der Waals surface area contributed by atoms with Gasteiger partial charge in [-0.3, -0.25) is 9.59 Å². The fourth-order valence-corrected chi connectivity index (χ4v) is 2.45. The molecule has 0 spiro atoms. The minimum Gasteiger partial charge on any atom is -0.481 e. The maximum atomic E-state index is 12.2. The van der Waals surface area contributed by atoms with E-state index in [0.717, 1.165) is 15.4 Å². The van der Waals surface area contributed by atoms with Crippen LogP contribution in [0.3, 0.4) is 0 Å². The first-order valence-electron chi connectivity index (χ1n) is 6.92. The molecule has 1 heterocycles. The Kier molecular flexibility index (Phi) is 4.60. The molecule has 0 saturated carbocycles. The van der Waals surface area contributed by atoms with Gasteiger partial charge < -0.3 is 14.8 Å². The molecule has 2 rings (SSSR count). The van der Waals surface area contributed by atoms with Gasteiger partial charge in [0.15, 0.2) is 5.76 Å². The topological polar surface area (TPSA) is 79.5 Å². The van der Waals surface area contributed by atoms with E-state index >= 15 is 0 Å². The molecule has 6 heteroatoms. The highest BCUT2D eigenvalue weighted by Crippen LogP contribution is 2.28.